The Morgan fingerprint density at radius 3 is 2.53 bits per heavy atom. The molecule has 0 fully saturated rings. The Balaban J connectivity index is 2.53. The van der Waals surface area contributed by atoms with Gasteiger partial charge in [0, 0.05) is 0 Å². The minimum Gasteiger partial charge on any atom is -0.465 e. The number of nitrogens with zero attached hydrogens (tertiary/aromatic N) is 1. The van der Waals surface area contributed by atoms with Gasteiger partial charge in [0.1, 0.15) is 6.04 Å². The summed E-state index contributed by atoms with van der Waals surface area (Å²) in [6.07, 6.45) is 0. The molecule has 0 amide bonds. The van der Waals surface area contributed by atoms with Crippen molar-refractivity contribution < 1.29 is 9.53 Å². The quantitative estimate of drug-likeness (QED) is 0.789. The van der Waals surface area contributed by atoms with Crippen LogP contribution in [0.15, 0.2) is 42.5 Å². The van der Waals surface area contributed by atoms with E-state index in [2.05, 4.69) is 12.1 Å². The zero-order valence-corrected chi connectivity index (χ0v) is 11.6. The largest absolute Gasteiger partial charge is 0.465 e. The van der Waals surface area contributed by atoms with E-state index in [0.29, 0.717) is 6.61 Å². The van der Waals surface area contributed by atoms with Crippen LogP contribution >= 0.6 is 0 Å². The number of carbonyl (C=O) groups is 1. The number of hydrogen-bond acceptors (Lipinski definition) is 3. The van der Waals surface area contributed by atoms with E-state index < -0.39 is 0 Å². The first-order valence-electron chi connectivity index (χ1n) is 6.46. The highest BCUT2D eigenvalue weighted by atomic mass is 16.5. The average molecular weight is 257 g/mol. The molecule has 0 bridgehead atoms. The standard InChI is InChI=1S/C16H19NO2/c1-4-19-16(18)15(17(2)3)14-11-7-9-12-8-5-6-10-13(12)14/h5-11,15H,4H2,1-3H3. The van der Waals surface area contributed by atoms with Crippen LogP contribution in [0.25, 0.3) is 10.8 Å². The fraction of sp³-hybridized carbons (Fsp3) is 0.312. The molecular weight excluding hydrogens is 238 g/mol. The molecule has 0 radical (unpaired) electrons. The van der Waals surface area contributed by atoms with Crippen LogP contribution in [-0.4, -0.2) is 31.6 Å². The van der Waals surface area contributed by atoms with Gasteiger partial charge in [0.25, 0.3) is 0 Å². The molecule has 0 aromatic heterocycles. The Morgan fingerprint density at radius 1 is 1.16 bits per heavy atom. The zero-order chi connectivity index (χ0) is 13.8. The van der Waals surface area contributed by atoms with Crippen molar-refractivity contribution >= 4 is 16.7 Å². The van der Waals surface area contributed by atoms with Crippen LogP contribution in [0.4, 0.5) is 0 Å². The lowest BCUT2D eigenvalue weighted by Gasteiger charge is -2.24. The number of hydrogen-bond donors (Lipinski definition) is 0. The minimum absolute atomic E-state index is 0.205. The third-order valence-corrected chi connectivity index (χ3v) is 3.14. The Labute approximate surface area is 113 Å². The Hall–Kier alpha value is -1.87. The molecule has 2 aromatic rings. The number of ether oxygens (including phenoxy) is 1. The van der Waals surface area contributed by atoms with E-state index in [0.717, 1.165) is 16.3 Å². The van der Waals surface area contributed by atoms with Crippen LogP contribution in [0.5, 0.6) is 0 Å². The minimum atomic E-state index is -0.369. The molecule has 0 spiro atoms. The van der Waals surface area contributed by atoms with Crippen molar-refractivity contribution in [2.75, 3.05) is 20.7 Å². The highest BCUT2D eigenvalue weighted by Crippen LogP contribution is 2.28. The van der Waals surface area contributed by atoms with Gasteiger partial charge in [-0.15, -0.1) is 0 Å². The molecule has 0 saturated carbocycles. The fourth-order valence-electron chi connectivity index (χ4n) is 2.33. The molecule has 0 aliphatic heterocycles. The molecule has 0 aliphatic carbocycles. The van der Waals surface area contributed by atoms with Crippen LogP contribution in [0.1, 0.15) is 18.5 Å². The van der Waals surface area contributed by atoms with Crippen molar-refractivity contribution in [2.45, 2.75) is 13.0 Å². The predicted octanol–water partition coefficient (Wildman–Crippen LogP) is 3.01. The molecule has 19 heavy (non-hydrogen) atoms. The molecule has 2 aromatic carbocycles. The summed E-state index contributed by atoms with van der Waals surface area (Å²) in [5.41, 5.74) is 0.988. The van der Waals surface area contributed by atoms with Crippen LogP contribution in [-0.2, 0) is 9.53 Å². The molecule has 2 rings (SSSR count). The first-order chi connectivity index (χ1) is 9.15. The number of benzene rings is 2. The summed E-state index contributed by atoms with van der Waals surface area (Å²) in [5.74, 6) is -0.205. The van der Waals surface area contributed by atoms with E-state index in [1.54, 1.807) is 0 Å². The predicted molar refractivity (Wildman–Crippen MR) is 77.0 cm³/mol. The maximum Gasteiger partial charge on any atom is 0.328 e. The number of esters is 1. The van der Waals surface area contributed by atoms with Gasteiger partial charge in [-0.3, -0.25) is 4.90 Å². The van der Waals surface area contributed by atoms with Crippen molar-refractivity contribution in [1.29, 1.82) is 0 Å². The summed E-state index contributed by atoms with van der Waals surface area (Å²) in [6.45, 7) is 2.22. The lowest BCUT2D eigenvalue weighted by molar-refractivity contribution is -0.148. The van der Waals surface area contributed by atoms with Gasteiger partial charge in [0.15, 0.2) is 0 Å². The van der Waals surface area contributed by atoms with Crippen LogP contribution in [0.3, 0.4) is 0 Å². The van der Waals surface area contributed by atoms with Gasteiger partial charge in [-0.25, -0.2) is 4.79 Å². The summed E-state index contributed by atoms with van der Waals surface area (Å²) in [5, 5.41) is 2.23. The first-order valence-corrected chi connectivity index (χ1v) is 6.46. The molecule has 1 unspecified atom stereocenters. The van der Waals surface area contributed by atoms with E-state index in [1.807, 2.05) is 56.3 Å². The van der Waals surface area contributed by atoms with E-state index >= 15 is 0 Å². The highest BCUT2D eigenvalue weighted by Gasteiger charge is 2.25. The van der Waals surface area contributed by atoms with Crippen molar-refractivity contribution in [3.8, 4) is 0 Å². The monoisotopic (exact) mass is 257 g/mol. The topological polar surface area (TPSA) is 29.5 Å². The number of carbonyl (C=O) groups excluding carboxylic acids is 1. The van der Waals surface area contributed by atoms with Crippen molar-refractivity contribution in [3.05, 3.63) is 48.0 Å². The van der Waals surface area contributed by atoms with Crippen molar-refractivity contribution in [3.63, 3.8) is 0 Å². The fourth-order valence-corrected chi connectivity index (χ4v) is 2.33. The maximum atomic E-state index is 12.2. The maximum absolute atomic E-state index is 12.2. The van der Waals surface area contributed by atoms with Crippen molar-refractivity contribution in [1.82, 2.24) is 4.90 Å². The van der Waals surface area contributed by atoms with Crippen molar-refractivity contribution in [2.24, 2.45) is 0 Å². The average Bonchev–Trinajstić information content (AvgIpc) is 2.39. The van der Waals surface area contributed by atoms with Gasteiger partial charge in [-0.1, -0.05) is 42.5 Å². The summed E-state index contributed by atoms with van der Waals surface area (Å²) < 4.78 is 5.19. The van der Waals surface area contributed by atoms with E-state index in [-0.39, 0.29) is 12.0 Å². The molecule has 100 valence electrons. The third kappa shape index (κ3) is 2.76. The summed E-state index contributed by atoms with van der Waals surface area (Å²) >= 11 is 0. The Bertz CT molecular complexity index is 572. The van der Waals surface area contributed by atoms with E-state index in [4.69, 9.17) is 4.74 Å². The zero-order valence-electron chi connectivity index (χ0n) is 11.6. The van der Waals surface area contributed by atoms with Gasteiger partial charge in [-0.2, -0.15) is 0 Å². The summed E-state index contributed by atoms with van der Waals surface area (Å²) in [7, 11) is 3.78. The van der Waals surface area contributed by atoms with Crippen LogP contribution in [0.2, 0.25) is 0 Å². The van der Waals surface area contributed by atoms with Gasteiger partial charge >= 0.3 is 5.97 Å². The second-order valence-electron chi connectivity index (χ2n) is 4.69. The second-order valence-corrected chi connectivity index (χ2v) is 4.69. The number of likely N-dealkylation sites (N-methyl/N-ethyl adjacent to an activating group) is 1. The third-order valence-electron chi connectivity index (χ3n) is 3.14. The van der Waals surface area contributed by atoms with Crippen LogP contribution in [0, 0.1) is 0 Å². The normalized spacial score (nSPS) is 12.6. The number of rotatable bonds is 4. The van der Waals surface area contributed by atoms with Gasteiger partial charge in [0.2, 0.25) is 0 Å². The van der Waals surface area contributed by atoms with Crippen LogP contribution < -0.4 is 0 Å². The lowest BCUT2D eigenvalue weighted by Crippen LogP contribution is -2.29. The van der Waals surface area contributed by atoms with Gasteiger partial charge < -0.3 is 4.74 Å². The molecule has 0 N–H and O–H groups in total. The lowest BCUT2D eigenvalue weighted by atomic mass is 9.98. The smallest absolute Gasteiger partial charge is 0.328 e. The van der Waals surface area contributed by atoms with Gasteiger partial charge in [0.05, 0.1) is 6.61 Å². The van der Waals surface area contributed by atoms with E-state index in [1.165, 1.54) is 0 Å². The molecule has 0 heterocycles. The van der Waals surface area contributed by atoms with E-state index in [9.17, 15) is 4.79 Å². The molecule has 3 nitrogen and oxygen atoms in total. The second kappa shape index (κ2) is 5.85. The Kier molecular flexibility index (Phi) is 4.17. The highest BCUT2D eigenvalue weighted by molar-refractivity contribution is 5.91. The molecule has 0 saturated heterocycles. The Morgan fingerprint density at radius 2 is 1.84 bits per heavy atom. The molecule has 0 aliphatic rings. The summed E-state index contributed by atoms with van der Waals surface area (Å²) in [4.78, 5) is 14.1. The van der Waals surface area contributed by atoms with Gasteiger partial charge in [-0.05, 0) is 37.4 Å². The molecule has 1 atom stereocenters. The number of fused-ring (bicyclic) bond motifs is 1. The molecular formula is C16H19NO2. The SMILES string of the molecule is CCOC(=O)C(c1cccc2ccccc12)N(C)C. The molecule has 3 heteroatoms. The summed E-state index contributed by atoms with van der Waals surface area (Å²) in [6, 6.07) is 13.7. The first kappa shape index (κ1) is 13.6.